The fourth-order valence-electron chi connectivity index (χ4n) is 3.88. The number of hydrogen-bond donors (Lipinski definition) is 3. The molecule has 1 aromatic rings. The number of urea groups is 1. The van der Waals surface area contributed by atoms with Crippen molar-refractivity contribution in [2.75, 3.05) is 13.1 Å². The molecular weight excluding hydrogens is 306 g/mol. The molecule has 0 radical (unpaired) electrons. The molecule has 1 aliphatic heterocycles. The highest BCUT2D eigenvalue weighted by Gasteiger charge is 2.31. The van der Waals surface area contributed by atoms with E-state index in [0.717, 1.165) is 50.8 Å². The topological polar surface area (TPSA) is 82.4 Å². The Morgan fingerprint density at radius 3 is 2.71 bits per heavy atom. The number of nitrogens with one attached hydrogen (secondary N) is 2. The molecule has 0 aromatic carbocycles. The lowest BCUT2D eigenvalue weighted by Crippen LogP contribution is -2.53. The van der Waals surface area contributed by atoms with E-state index in [4.69, 9.17) is 0 Å². The Morgan fingerprint density at radius 2 is 2.04 bits per heavy atom. The molecule has 2 heterocycles. The van der Waals surface area contributed by atoms with E-state index in [1.807, 2.05) is 13.2 Å². The molecule has 2 atom stereocenters. The Kier molecular flexibility index (Phi) is 5.73. The van der Waals surface area contributed by atoms with Gasteiger partial charge < -0.3 is 15.7 Å². The minimum Gasteiger partial charge on any atom is -0.391 e. The fourth-order valence-corrected chi connectivity index (χ4v) is 3.88. The number of carbonyl (C=O) groups excluding carboxylic acids is 1. The number of aliphatic hydroxyl groups excluding tert-OH is 1. The van der Waals surface area contributed by atoms with Gasteiger partial charge in [0.1, 0.15) is 0 Å². The van der Waals surface area contributed by atoms with E-state index in [1.165, 1.54) is 6.42 Å². The number of nitrogens with zero attached hydrogens (tertiary/aromatic N) is 3. The molecule has 7 nitrogen and oxygen atoms in total. The summed E-state index contributed by atoms with van der Waals surface area (Å²) in [4.78, 5) is 14.4. The number of aromatic nitrogens is 2. The minimum atomic E-state index is -0.175. The van der Waals surface area contributed by atoms with Gasteiger partial charge in [-0.3, -0.25) is 9.58 Å². The summed E-state index contributed by atoms with van der Waals surface area (Å²) in [6.07, 6.45) is 9.77. The smallest absolute Gasteiger partial charge is 0.315 e. The first-order valence-corrected chi connectivity index (χ1v) is 9.06. The third-order valence-electron chi connectivity index (χ3n) is 5.24. The molecule has 1 aliphatic carbocycles. The summed E-state index contributed by atoms with van der Waals surface area (Å²) in [5, 5.41) is 20.2. The van der Waals surface area contributed by atoms with E-state index in [0.29, 0.717) is 12.6 Å². The molecule has 134 valence electrons. The highest BCUT2D eigenvalue weighted by molar-refractivity contribution is 5.74. The molecule has 2 fully saturated rings. The number of likely N-dealkylation sites (tertiary alicyclic amines) is 1. The molecule has 1 saturated heterocycles. The number of amides is 2. The second kappa shape index (κ2) is 7.98. The van der Waals surface area contributed by atoms with Crippen molar-refractivity contribution >= 4 is 6.03 Å². The highest BCUT2D eigenvalue weighted by atomic mass is 16.3. The maximum Gasteiger partial charge on any atom is 0.315 e. The Labute approximate surface area is 143 Å². The van der Waals surface area contributed by atoms with Gasteiger partial charge in [-0.1, -0.05) is 12.8 Å². The molecule has 3 rings (SSSR count). The number of carbonyl (C=O) groups is 1. The van der Waals surface area contributed by atoms with Crippen molar-refractivity contribution in [2.24, 2.45) is 7.05 Å². The first-order valence-electron chi connectivity index (χ1n) is 9.06. The van der Waals surface area contributed by atoms with Gasteiger partial charge in [-0.15, -0.1) is 0 Å². The summed E-state index contributed by atoms with van der Waals surface area (Å²) in [7, 11) is 1.86. The number of aliphatic hydroxyl groups is 1. The van der Waals surface area contributed by atoms with E-state index < -0.39 is 0 Å². The van der Waals surface area contributed by atoms with Crippen LogP contribution < -0.4 is 10.6 Å². The highest BCUT2D eigenvalue weighted by Crippen LogP contribution is 2.25. The molecule has 3 N–H and O–H groups in total. The summed E-state index contributed by atoms with van der Waals surface area (Å²) in [6.45, 7) is 2.40. The fraction of sp³-hybridized carbons (Fsp3) is 0.765. The second-order valence-electron chi connectivity index (χ2n) is 7.08. The first-order chi connectivity index (χ1) is 11.6. The average Bonchev–Trinajstić information content (AvgIpc) is 3.00. The molecule has 24 heavy (non-hydrogen) atoms. The van der Waals surface area contributed by atoms with Gasteiger partial charge in [-0.25, -0.2) is 4.79 Å². The third-order valence-corrected chi connectivity index (χ3v) is 5.24. The van der Waals surface area contributed by atoms with Crippen LogP contribution in [-0.2, 0) is 13.6 Å². The van der Waals surface area contributed by atoms with Crippen LogP contribution in [0.25, 0.3) is 0 Å². The Bertz CT molecular complexity index is 539. The molecule has 2 aliphatic rings. The zero-order chi connectivity index (χ0) is 16.9. The second-order valence-corrected chi connectivity index (χ2v) is 7.08. The van der Waals surface area contributed by atoms with Crippen LogP contribution in [-0.4, -0.2) is 57.1 Å². The van der Waals surface area contributed by atoms with Gasteiger partial charge in [-0.2, -0.15) is 5.10 Å². The lowest BCUT2D eigenvalue weighted by atomic mass is 9.89. The monoisotopic (exact) mass is 335 g/mol. The van der Waals surface area contributed by atoms with Gasteiger partial charge in [0.25, 0.3) is 0 Å². The van der Waals surface area contributed by atoms with Gasteiger partial charge in [0.2, 0.25) is 0 Å². The summed E-state index contributed by atoms with van der Waals surface area (Å²) in [5.74, 6) is 0. The van der Waals surface area contributed by atoms with Gasteiger partial charge in [-0.05, 0) is 25.7 Å². The zero-order valence-electron chi connectivity index (χ0n) is 14.4. The predicted molar refractivity (Wildman–Crippen MR) is 91.4 cm³/mol. The van der Waals surface area contributed by atoms with Gasteiger partial charge >= 0.3 is 6.03 Å². The normalized spacial score (nSPS) is 26.2. The van der Waals surface area contributed by atoms with Crippen molar-refractivity contribution in [1.82, 2.24) is 25.3 Å². The SMILES string of the molecule is Cn1cc(CNC(=O)NC2CCN(C3CCCCC3O)CC2)cn1. The molecule has 1 saturated carbocycles. The Morgan fingerprint density at radius 1 is 1.29 bits per heavy atom. The molecule has 0 bridgehead atoms. The number of rotatable bonds is 4. The van der Waals surface area contributed by atoms with E-state index in [1.54, 1.807) is 10.9 Å². The molecule has 1 aromatic heterocycles. The minimum absolute atomic E-state index is 0.116. The zero-order valence-corrected chi connectivity index (χ0v) is 14.4. The van der Waals surface area contributed by atoms with Crippen molar-refractivity contribution in [3.8, 4) is 0 Å². The van der Waals surface area contributed by atoms with Crippen LogP contribution in [0.15, 0.2) is 12.4 Å². The summed E-state index contributed by atoms with van der Waals surface area (Å²) in [5.41, 5.74) is 0.994. The lowest BCUT2D eigenvalue weighted by Gasteiger charge is -2.41. The van der Waals surface area contributed by atoms with Crippen LogP contribution in [0.2, 0.25) is 0 Å². The van der Waals surface area contributed by atoms with Crippen molar-refractivity contribution in [3.63, 3.8) is 0 Å². The standard InChI is InChI=1S/C17H29N5O2/c1-21-12-13(11-19-21)10-18-17(24)20-14-6-8-22(9-7-14)15-4-2-3-5-16(15)23/h11-12,14-16,23H,2-10H2,1H3,(H2,18,20,24). The predicted octanol–water partition coefficient (Wildman–Crippen LogP) is 0.987. The van der Waals surface area contributed by atoms with Crippen LogP contribution >= 0.6 is 0 Å². The average molecular weight is 335 g/mol. The van der Waals surface area contributed by atoms with Crippen molar-refractivity contribution < 1.29 is 9.90 Å². The van der Waals surface area contributed by atoms with E-state index in [9.17, 15) is 9.90 Å². The van der Waals surface area contributed by atoms with E-state index >= 15 is 0 Å². The van der Waals surface area contributed by atoms with Gasteiger partial charge in [0.05, 0.1) is 12.3 Å². The molecule has 0 spiro atoms. The lowest BCUT2D eigenvalue weighted by molar-refractivity contribution is 0.00777. The Hall–Kier alpha value is -1.60. The van der Waals surface area contributed by atoms with E-state index in [-0.39, 0.29) is 18.2 Å². The van der Waals surface area contributed by atoms with Crippen molar-refractivity contribution in [1.29, 1.82) is 0 Å². The van der Waals surface area contributed by atoms with Gasteiger partial charge in [0.15, 0.2) is 0 Å². The number of hydrogen-bond acceptors (Lipinski definition) is 4. The van der Waals surface area contributed by atoms with Crippen molar-refractivity contribution in [3.05, 3.63) is 18.0 Å². The van der Waals surface area contributed by atoms with Crippen LogP contribution in [0.4, 0.5) is 4.79 Å². The molecule has 7 heteroatoms. The van der Waals surface area contributed by atoms with Crippen LogP contribution in [0.1, 0.15) is 44.1 Å². The molecular formula is C17H29N5O2. The van der Waals surface area contributed by atoms with Crippen LogP contribution in [0, 0.1) is 0 Å². The number of piperidine rings is 1. The van der Waals surface area contributed by atoms with Crippen molar-refractivity contribution in [2.45, 2.75) is 63.3 Å². The third kappa shape index (κ3) is 4.48. The Balaban J connectivity index is 1.37. The summed E-state index contributed by atoms with van der Waals surface area (Å²) < 4.78 is 1.73. The first kappa shape index (κ1) is 17.2. The summed E-state index contributed by atoms with van der Waals surface area (Å²) >= 11 is 0. The maximum absolute atomic E-state index is 12.0. The van der Waals surface area contributed by atoms with E-state index in [2.05, 4.69) is 20.6 Å². The quantitative estimate of drug-likeness (QED) is 0.766. The number of aryl methyl sites for hydroxylation is 1. The summed E-state index contributed by atoms with van der Waals surface area (Å²) in [6, 6.07) is 0.421. The van der Waals surface area contributed by atoms with Crippen LogP contribution in [0.3, 0.4) is 0 Å². The maximum atomic E-state index is 12.0. The largest absolute Gasteiger partial charge is 0.391 e. The molecule has 2 amide bonds. The van der Waals surface area contributed by atoms with Crippen LogP contribution in [0.5, 0.6) is 0 Å². The van der Waals surface area contributed by atoms with Gasteiger partial charge in [0, 0.05) is 50.5 Å². The molecule has 2 unspecified atom stereocenters.